The Morgan fingerprint density at radius 3 is 2.77 bits per heavy atom. The van der Waals surface area contributed by atoms with Gasteiger partial charge in [-0.25, -0.2) is 5.01 Å². The molecule has 0 aliphatic carbocycles. The number of carbonyl (C=O) groups excluding carboxylic acids is 1. The molecule has 1 atom stereocenters. The van der Waals surface area contributed by atoms with E-state index in [0.29, 0.717) is 34.5 Å². The number of carbonyl (C=O) groups is 1. The van der Waals surface area contributed by atoms with E-state index in [0.717, 1.165) is 11.3 Å². The van der Waals surface area contributed by atoms with Crippen molar-refractivity contribution in [2.75, 3.05) is 13.4 Å². The number of rotatable bonds is 5. The highest BCUT2D eigenvalue weighted by Crippen LogP contribution is 2.36. The topological polar surface area (TPSA) is 73.5 Å². The van der Waals surface area contributed by atoms with Gasteiger partial charge in [-0.2, -0.15) is 5.10 Å². The summed E-state index contributed by atoms with van der Waals surface area (Å²) in [6.45, 7) is 0.00671. The lowest BCUT2D eigenvalue weighted by atomic mass is 10.0. The molecule has 0 radical (unpaired) electrons. The molecular formula is C22H17ClN2O5. The van der Waals surface area contributed by atoms with Gasteiger partial charge in [0.25, 0.3) is 5.91 Å². The van der Waals surface area contributed by atoms with Crippen LogP contribution in [0.3, 0.4) is 0 Å². The highest BCUT2D eigenvalue weighted by Gasteiger charge is 2.35. The second kappa shape index (κ2) is 7.76. The number of fused-ring (bicyclic) bond motifs is 1. The van der Waals surface area contributed by atoms with Gasteiger partial charge in [0.05, 0.1) is 12.0 Å². The third-order valence-electron chi connectivity index (χ3n) is 4.92. The van der Waals surface area contributed by atoms with Gasteiger partial charge < -0.3 is 18.6 Å². The highest BCUT2D eigenvalue weighted by molar-refractivity contribution is 6.30. The maximum atomic E-state index is 13.0. The van der Waals surface area contributed by atoms with E-state index in [-0.39, 0.29) is 25.3 Å². The van der Waals surface area contributed by atoms with E-state index in [1.54, 1.807) is 42.7 Å². The van der Waals surface area contributed by atoms with Crippen LogP contribution in [0.5, 0.6) is 17.2 Å². The highest BCUT2D eigenvalue weighted by atomic mass is 35.5. The molecular weight excluding hydrogens is 408 g/mol. The van der Waals surface area contributed by atoms with E-state index in [4.69, 9.17) is 30.2 Å². The summed E-state index contributed by atoms with van der Waals surface area (Å²) in [6.07, 6.45) is 2.12. The molecule has 2 aromatic carbocycles. The number of halogens is 1. The van der Waals surface area contributed by atoms with Gasteiger partial charge in [-0.15, -0.1) is 0 Å². The van der Waals surface area contributed by atoms with Crippen LogP contribution in [0, 0.1) is 0 Å². The van der Waals surface area contributed by atoms with Crippen molar-refractivity contribution < 1.29 is 23.4 Å². The van der Waals surface area contributed by atoms with Crippen LogP contribution in [-0.4, -0.2) is 30.0 Å². The molecule has 5 rings (SSSR count). The minimum Gasteiger partial charge on any atom is -0.484 e. The lowest BCUT2D eigenvalue weighted by molar-refractivity contribution is -0.135. The third kappa shape index (κ3) is 3.59. The van der Waals surface area contributed by atoms with E-state index in [1.807, 2.05) is 18.2 Å². The van der Waals surface area contributed by atoms with Gasteiger partial charge in [-0.1, -0.05) is 23.7 Å². The minimum absolute atomic E-state index is 0.172. The molecule has 0 N–H and O–H groups in total. The normalized spacial score (nSPS) is 17.2. The molecule has 3 aromatic rings. The smallest absolute Gasteiger partial charge is 0.281 e. The molecule has 0 fully saturated rings. The molecule has 7 nitrogen and oxygen atoms in total. The first-order valence-electron chi connectivity index (χ1n) is 9.39. The van der Waals surface area contributed by atoms with Crippen LogP contribution in [0.1, 0.15) is 23.8 Å². The quantitative estimate of drug-likeness (QED) is 0.606. The fourth-order valence-electron chi connectivity index (χ4n) is 3.44. The number of hydrogen-bond acceptors (Lipinski definition) is 6. The van der Waals surface area contributed by atoms with Crippen molar-refractivity contribution in [1.82, 2.24) is 5.01 Å². The summed E-state index contributed by atoms with van der Waals surface area (Å²) in [5.41, 5.74) is 1.69. The van der Waals surface area contributed by atoms with Crippen LogP contribution in [-0.2, 0) is 4.79 Å². The average molecular weight is 425 g/mol. The molecule has 8 heteroatoms. The van der Waals surface area contributed by atoms with Crippen LogP contribution in [0.2, 0.25) is 5.02 Å². The zero-order valence-electron chi connectivity index (χ0n) is 15.8. The fraction of sp³-hybridized carbons (Fsp3) is 0.182. The molecule has 152 valence electrons. The van der Waals surface area contributed by atoms with Crippen LogP contribution in [0.15, 0.2) is 70.4 Å². The first-order valence-corrected chi connectivity index (χ1v) is 9.76. The minimum atomic E-state index is -0.335. The van der Waals surface area contributed by atoms with E-state index in [9.17, 15) is 4.79 Å². The molecule has 0 saturated heterocycles. The lowest BCUT2D eigenvalue weighted by Crippen LogP contribution is -2.31. The second-order valence-electron chi connectivity index (χ2n) is 6.83. The van der Waals surface area contributed by atoms with Crippen molar-refractivity contribution >= 4 is 23.2 Å². The lowest BCUT2D eigenvalue weighted by Gasteiger charge is -2.20. The number of furan rings is 1. The summed E-state index contributed by atoms with van der Waals surface area (Å²) < 4.78 is 21.9. The summed E-state index contributed by atoms with van der Waals surface area (Å²) in [6, 6.07) is 15.9. The van der Waals surface area contributed by atoms with Crippen molar-refractivity contribution in [2.24, 2.45) is 5.10 Å². The summed E-state index contributed by atoms with van der Waals surface area (Å²) in [4.78, 5) is 13.0. The van der Waals surface area contributed by atoms with Crippen LogP contribution in [0.25, 0.3) is 0 Å². The average Bonchev–Trinajstić information content (AvgIpc) is 3.52. The molecule has 30 heavy (non-hydrogen) atoms. The number of ether oxygens (including phenoxy) is 3. The summed E-state index contributed by atoms with van der Waals surface area (Å²) in [7, 11) is 0. The third-order valence-corrected chi connectivity index (χ3v) is 5.17. The summed E-state index contributed by atoms with van der Waals surface area (Å²) in [5, 5.41) is 6.64. The van der Waals surface area contributed by atoms with Crippen molar-refractivity contribution in [1.29, 1.82) is 0 Å². The van der Waals surface area contributed by atoms with Crippen LogP contribution >= 0.6 is 11.6 Å². The molecule has 1 amide bonds. The summed E-state index contributed by atoms with van der Waals surface area (Å²) in [5.74, 6) is 2.15. The maximum Gasteiger partial charge on any atom is 0.281 e. The van der Waals surface area contributed by atoms with Crippen molar-refractivity contribution in [3.8, 4) is 17.2 Å². The number of hydrazone groups is 1. The number of nitrogens with zero attached hydrogens (tertiary/aromatic N) is 2. The molecule has 3 heterocycles. The standard InChI is InChI=1S/C22H17ClN2O5/c23-15-5-3-14(4-6-15)17-11-18(19-2-1-9-27-19)25(24-17)22(26)12-28-16-7-8-20-21(10-16)30-13-29-20/h1-10,18H,11-13H2. The van der Waals surface area contributed by atoms with E-state index >= 15 is 0 Å². The Morgan fingerprint density at radius 2 is 1.97 bits per heavy atom. The van der Waals surface area contributed by atoms with Gasteiger partial charge in [-0.3, -0.25) is 4.79 Å². The zero-order valence-corrected chi connectivity index (χ0v) is 16.5. The van der Waals surface area contributed by atoms with Gasteiger partial charge in [-0.05, 0) is 42.0 Å². The Labute approximate surface area is 177 Å². The monoisotopic (exact) mass is 424 g/mol. The Morgan fingerprint density at radius 1 is 1.13 bits per heavy atom. The maximum absolute atomic E-state index is 13.0. The van der Waals surface area contributed by atoms with Gasteiger partial charge in [0.15, 0.2) is 18.1 Å². The Kier molecular flexibility index (Phi) is 4.80. The summed E-state index contributed by atoms with van der Waals surface area (Å²) >= 11 is 5.99. The predicted octanol–water partition coefficient (Wildman–Crippen LogP) is 4.42. The largest absolute Gasteiger partial charge is 0.484 e. The van der Waals surface area contributed by atoms with Crippen LogP contribution in [0.4, 0.5) is 0 Å². The zero-order chi connectivity index (χ0) is 20.5. The van der Waals surface area contributed by atoms with Crippen molar-refractivity contribution in [2.45, 2.75) is 12.5 Å². The molecule has 1 aromatic heterocycles. The number of amides is 1. The van der Waals surface area contributed by atoms with Gasteiger partial charge in [0, 0.05) is 17.5 Å². The molecule has 0 saturated carbocycles. The SMILES string of the molecule is O=C(COc1ccc2c(c1)OCO2)N1N=C(c2ccc(Cl)cc2)CC1c1ccco1. The van der Waals surface area contributed by atoms with Gasteiger partial charge in [0.2, 0.25) is 6.79 Å². The Hall–Kier alpha value is -3.45. The Bertz CT molecular complexity index is 1100. The van der Waals surface area contributed by atoms with Gasteiger partial charge >= 0.3 is 0 Å². The fourth-order valence-corrected chi connectivity index (χ4v) is 3.56. The van der Waals surface area contributed by atoms with Crippen molar-refractivity contribution in [3.05, 3.63) is 77.2 Å². The van der Waals surface area contributed by atoms with Gasteiger partial charge in [0.1, 0.15) is 17.6 Å². The molecule has 2 aliphatic heterocycles. The predicted molar refractivity (Wildman–Crippen MR) is 109 cm³/mol. The first-order chi connectivity index (χ1) is 14.7. The first kappa shape index (κ1) is 18.6. The van der Waals surface area contributed by atoms with E-state index in [1.165, 1.54) is 5.01 Å². The molecule has 2 aliphatic rings. The second-order valence-corrected chi connectivity index (χ2v) is 7.27. The van der Waals surface area contributed by atoms with E-state index in [2.05, 4.69) is 5.10 Å². The van der Waals surface area contributed by atoms with Crippen molar-refractivity contribution in [3.63, 3.8) is 0 Å². The number of benzene rings is 2. The molecule has 0 spiro atoms. The Balaban J connectivity index is 1.35. The molecule has 0 bridgehead atoms. The molecule has 1 unspecified atom stereocenters. The van der Waals surface area contributed by atoms with E-state index < -0.39 is 0 Å². The number of hydrogen-bond donors (Lipinski definition) is 0. The van der Waals surface area contributed by atoms with Crippen LogP contribution < -0.4 is 14.2 Å².